The van der Waals surface area contributed by atoms with Gasteiger partial charge in [0.05, 0.1) is 13.2 Å². The normalized spacial score (nSPS) is 44.8. The molecule has 5 N–H and O–H groups in total. The molecule has 134 valence electrons. The van der Waals surface area contributed by atoms with Crippen LogP contribution >= 0.6 is 0 Å². The van der Waals surface area contributed by atoms with Gasteiger partial charge in [-0.1, -0.05) is 0 Å². The maximum absolute atomic E-state index is 11.3. The van der Waals surface area contributed by atoms with Gasteiger partial charge in [-0.15, -0.1) is 0 Å². The average Bonchev–Trinajstić information content (AvgIpc) is 2.51. The van der Waals surface area contributed by atoms with Crippen molar-refractivity contribution in [2.45, 2.75) is 56.1 Å². The lowest BCUT2D eigenvalue weighted by Gasteiger charge is -2.43. The van der Waals surface area contributed by atoms with Gasteiger partial charge >= 0.3 is 0 Å². The van der Waals surface area contributed by atoms with E-state index in [0.29, 0.717) is 0 Å². The number of nitrogens with zero attached hydrogens (tertiary/aromatic N) is 1. The quantitative estimate of drug-likeness (QED) is 0.351. The zero-order chi connectivity index (χ0) is 17.3. The van der Waals surface area contributed by atoms with Gasteiger partial charge in [0.25, 0.3) is 0 Å². The number of ether oxygens (including phenoxy) is 3. The summed E-state index contributed by atoms with van der Waals surface area (Å²) in [4.78, 5) is 12.5. The standard InChI is InChI=1S/C13H23NO9/c1-5(15)14(2)12-10(19)9(18)7(4-21-12)23-13-11(20)8(17)6(16)3-22-13/h6-13,16-20H,3-4H2,1-2H3. The molecule has 8 unspecified atom stereocenters. The van der Waals surface area contributed by atoms with E-state index in [1.165, 1.54) is 14.0 Å². The summed E-state index contributed by atoms with van der Waals surface area (Å²) in [6.45, 7) is 0.889. The molecule has 1 amide bonds. The third-order valence-corrected chi connectivity index (χ3v) is 4.10. The van der Waals surface area contributed by atoms with Gasteiger partial charge in [0.2, 0.25) is 5.91 Å². The van der Waals surface area contributed by atoms with Crippen LogP contribution in [0, 0.1) is 0 Å². The van der Waals surface area contributed by atoms with Crippen molar-refractivity contribution < 1.29 is 44.5 Å². The minimum absolute atomic E-state index is 0.161. The third-order valence-electron chi connectivity index (χ3n) is 4.10. The van der Waals surface area contributed by atoms with Crippen molar-refractivity contribution in [3.05, 3.63) is 0 Å². The van der Waals surface area contributed by atoms with E-state index in [-0.39, 0.29) is 19.1 Å². The zero-order valence-electron chi connectivity index (χ0n) is 12.8. The maximum atomic E-state index is 11.3. The predicted molar refractivity (Wildman–Crippen MR) is 72.8 cm³/mol. The van der Waals surface area contributed by atoms with E-state index in [9.17, 15) is 30.3 Å². The first-order valence-electron chi connectivity index (χ1n) is 7.26. The van der Waals surface area contributed by atoms with Gasteiger partial charge in [-0.05, 0) is 0 Å². The lowest BCUT2D eigenvalue weighted by molar-refractivity contribution is -0.315. The summed E-state index contributed by atoms with van der Waals surface area (Å²) in [5.74, 6) is -0.344. The smallest absolute Gasteiger partial charge is 0.221 e. The van der Waals surface area contributed by atoms with Gasteiger partial charge in [-0.25, -0.2) is 0 Å². The first-order chi connectivity index (χ1) is 10.7. The molecule has 23 heavy (non-hydrogen) atoms. The highest BCUT2D eigenvalue weighted by molar-refractivity contribution is 5.73. The number of hydrogen-bond donors (Lipinski definition) is 5. The number of hydrogen-bond acceptors (Lipinski definition) is 9. The first kappa shape index (κ1) is 18.5. The molecule has 2 aliphatic heterocycles. The van der Waals surface area contributed by atoms with Crippen molar-refractivity contribution in [1.29, 1.82) is 0 Å². The van der Waals surface area contributed by atoms with Crippen molar-refractivity contribution >= 4 is 5.91 Å². The molecule has 2 heterocycles. The largest absolute Gasteiger partial charge is 0.388 e. The van der Waals surface area contributed by atoms with Crippen LogP contribution in [0.25, 0.3) is 0 Å². The lowest BCUT2D eigenvalue weighted by Crippen LogP contribution is -2.62. The van der Waals surface area contributed by atoms with Crippen LogP contribution in [0.1, 0.15) is 6.92 Å². The van der Waals surface area contributed by atoms with Crippen LogP contribution in [0.2, 0.25) is 0 Å². The Labute approximate surface area is 132 Å². The molecule has 0 aliphatic carbocycles. The second kappa shape index (κ2) is 7.36. The molecule has 0 aromatic carbocycles. The Kier molecular flexibility index (Phi) is 5.92. The van der Waals surface area contributed by atoms with E-state index >= 15 is 0 Å². The van der Waals surface area contributed by atoms with E-state index in [0.717, 1.165) is 4.90 Å². The molecular weight excluding hydrogens is 314 g/mol. The Morgan fingerprint density at radius 3 is 2.26 bits per heavy atom. The van der Waals surface area contributed by atoms with E-state index in [1.807, 2.05) is 0 Å². The van der Waals surface area contributed by atoms with Gasteiger partial charge < -0.3 is 44.6 Å². The second-order valence-electron chi connectivity index (χ2n) is 5.76. The number of carbonyl (C=O) groups excluding carboxylic acids is 1. The number of likely N-dealkylation sites (N-methyl/N-ethyl adjacent to an activating group) is 1. The fourth-order valence-electron chi connectivity index (χ4n) is 2.49. The van der Waals surface area contributed by atoms with Crippen LogP contribution in [0.15, 0.2) is 0 Å². The maximum Gasteiger partial charge on any atom is 0.221 e. The van der Waals surface area contributed by atoms with E-state index in [1.54, 1.807) is 0 Å². The van der Waals surface area contributed by atoms with Gasteiger partial charge in [-0.2, -0.15) is 0 Å². The van der Waals surface area contributed by atoms with Crippen molar-refractivity contribution in [3.8, 4) is 0 Å². The number of aliphatic hydroxyl groups is 5. The number of amides is 1. The van der Waals surface area contributed by atoms with Crippen LogP contribution in [0.3, 0.4) is 0 Å². The summed E-state index contributed by atoms with van der Waals surface area (Å²) in [6, 6.07) is 0. The fraction of sp³-hybridized carbons (Fsp3) is 0.923. The summed E-state index contributed by atoms with van der Waals surface area (Å²) in [7, 11) is 1.43. The van der Waals surface area contributed by atoms with Gasteiger partial charge in [0.1, 0.15) is 36.6 Å². The Hall–Kier alpha value is -0.850. The van der Waals surface area contributed by atoms with E-state index in [4.69, 9.17) is 14.2 Å². The molecule has 0 aromatic rings. The van der Waals surface area contributed by atoms with Crippen LogP contribution < -0.4 is 0 Å². The Balaban J connectivity index is 1.96. The predicted octanol–water partition coefficient (Wildman–Crippen LogP) is -3.63. The van der Waals surface area contributed by atoms with Gasteiger partial charge in [0.15, 0.2) is 12.5 Å². The molecule has 10 nitrogen and oxygen atoms in total. The SMILES string of the molecule is CC(=O)N(C)C1OCC(OC2OCC(O)C(O)C2O)C(O)C1O. The van der Waals surface area contributed by atoms with Crippen LogP contribution in [0.4, 0.5) is 0 Å². The third kappa shape index (κ3) is 3.80. The molecule has 8 atom stereocenters. The monoisotopic (exact) mass is 337 g/mol. The molecule has 2 aliphatic rings. The zero-order valence-corrected chi connectivity index (χ0v) is 12.8. The molecule has 2 rings (SSSR count). The minimum Gasteiger partial charge on any atom is -0.388 e. The first-order valence-corrected chi connectivity index (χ1v) is 7.26. The molecule has 0 saturated carbocycles. The fourth-order valence-corrected chi connectivity index (χ4v) is 2.49. The van der Waals surface area contributed by atoms with Gasteiger partial charge in [-0.3, -0.25) is 4.79 Å². The Morgan fingerprint density at radius 1 is 1.00 bits per heavy atom. The highest BCUT2D eigenvalue weighted by Gasteiger charge is 2.45. The Bertz CT molecular complexity index is 422. The Morgan fingerprint density at radius 2 is 1.65 bits per heavy atom. The van der Waals surface area contributed by atoms with E-state index < -0.39 is 49.1 Å². The summed E-state index contributed by atoms with van der Waals surface area (Å²) in [5.41, 5.74) is 0. The van der Waals surface area contributed by atoms with Crippen LogP contribution in [-0.2, 0) is 19.0 Å². The van der Waals surface area contributed by atoms with Crippen molar-refractivity contribution in [1.82, 2.24) is 4.90 Å². The highest BCUT2D eigenvalue weighted by atomic mass is 16.7. The average molecular weight is 337 g/mol. The molecule has 0 spiro atoms. The summed E-state index contributed by atoms with van der Waals surface area (Å²) < 4.78 is 15.8. The summed E-state index contributed by atoms with van der Waals surface area (Å²) >= 11 is 0. The van der Waals surface area contributed by atoms with Gasteiger partial charge in [0, 0.05) is 14.0 Å². The molecule has 10 heteroatoms. The number of aliphatic hydroxyl groups excluding tert-OH is 5. The molecule has 2 fully saturated rings. The summed E-state index contributed by atoms with van der Waals surface area (Å²) in [5, 5.41) is 49.0. The van der Waals surface area contributed by atoms with Crippen molar-refractivity contribution in [2.24, 2.45) is 0 Å². The minimum atomic E-state index is -1.51. The molecule has 0 aromatic heterocycles. The second-order valence-corrected chi connectivity index (χ2v) is 5.76. The highest BCUT2D eigenvalue weighted by Crippen LogP contribution is 2.24. The van der Waals surface area contributed by atoms with E-state index in [2.05, 4.69) is 0 Å². The molecule has 2 saturated heterocycles. The van der Waals surface area contributed by atoms with Crippen molar-refractivity contribution in [3.63, 3.8) is 0 Å². The molecule has 0 bridgehead atoms. The summed E-state index contributed by atoms with van der Waals surface area (Å²) in [6.07, 6.45) is -10.4. The molecular formula is C13H23NO9. The number of rotatable bonds is 3. The lowest BCUT2D eigenvalue weighted by atomic mass is 10.0. The van der Waals surface area contributed by atoms with Crippen LogP contribution in [-0.4, -0.2) is 106 Å². The molecule has 0 radical (unpaired) electrons. The number of carbonyl (C=O) groups is 1. The van der Waals surface area contributed by atoms with Crippen LogP contribution in [0.5, 0.6) is 0 Å². The topological polar surface area (TPSA) is 149 Å². The van der Waals surface area contributed by atoms with Crippen molar-refractivity contribution in [2.75, 3.05) is 20.3 Å².